The lowest BCUT2D eigenvalue weighted by atomic mass is 10.3. The highest BCUT2D eigenvalue weighted by molar-refractivity contribution is 9.10. The van der Waals surface area contributed by atoms with Crippen LogP contribution in [0.3, 0.4) is 0 Å². The van der Waals surface area contributed by atoms with Crippen molar-refractivity contribution in [3.8, 4) is 11.5 Å². The van der Waals surface area contributed by atoms with Crippen LogP contribution in [0, 0.1) is 0 Å². The van der Waals surface area contributed by atoms with Gasteiger partial charge >= 0.3 is 0 Å². The first-order valence-corrected chi connectivity index (χ1v) is 4.51. The number of furan rings is 1. The second kappa shape index (κ2) is 2.92. The van der Waals surface area contributed by atoms with Gasteiger partial charge in [0.25, 0.3) is 0 Å². The van der Waals surface area contributed by atoms with Crippen LogP contribution in [-0.4, -0.2) is 9.78 Å². The molecule has 0 atom stereocenters. The van der Waals surface area contributed by atoms with Gasteiger partial charge in [0.05, 0.1) is 11.9 Å². The van der Waals surface area contributed by atoms with Gasteiger partial charge in [-0.15, -0.1) is 0 Å². The maximum absolute atomic E-state index is 5.72. The Kier molecular flexibility index (Phi) is 1.88. The highest BCUT2D eigenvalue weighted by atomic mass is 79.9. The van der Waals surface area contributed by atoms with Crippen molar-refractivity contribution in [2.75, 3.05) is 5.73 Å². The summed E-state index contributed by atoms with van der Waals surface area (Å²) in [6.45, 7) is 0. The van der Waals surface area contributed by atoms with Crippen LogP contribution in [0.4, 0.5) is 5.69 Å². The van der Waals surface area contributed by atoms with Crippen LogP contribution in [-0.2, 0) is 7.05 Å². The minimum Gasteiger partial charge on any atom is -0.448 e. The molecule has 4 nitrogen and oxygen atoms in total. The van der Waals surface area contributed by atoms with Crippen LogP contribution in [0.1, 0.15) is 0 Å². The molecule has 0 amide bonds. The summed E-state index contributed by atoms with van der Waals surface area (Å²) in [6.07, 6.45) is 1.60. The topological polar surface area (TPSA) is 57.0 Å². The molecule has 2 aromatic rings. The molecule has 0 radical (unpaired) electrons. The average molecular weight is 242 g/mol. The van der Waals surface area contributed by atoms with Gasteiger partial charge in [0.1, 0.15) is 5.69 Å². The van der Waals surface area contributed by atoms with Gasteiger partial charge in [0.2, 0.25) is 0 Å². The van der Waals surface area contributed by atoms with Crippen molar-refractivity contribution in [2.24, 2.45) is 7.05 Å². The molecule has 2 N–H and O–H groups in total. The summed E-state index contributed by atoms with van der Waals surface area (Å²) in [5.41, 5.74) is 7.14. The molecule has 0 fully saturated rings. The van der Waals surface area contributed by atoms with E-state index in [0.29, 0.717) is 16.1 Å². The fourth-order valence-corrected chi connectivity index (χ4v) is 1.50. The number of nitrogen functional groups attached to an aromatic ring is 1. The lowest BCUT2D eigenvalue weighted by molar-refractivity contribution is 0.548. The third kappa shape index (κ3) is 1.35. The van der Waals surface area contributed by atoms with E-state index < -0.39 is 0 Å². The molecule has 0 aliphatic carbocycles. The lowest BCUT2D eigenvalue weighted by Gasteiger charge is -1.98. The predicted molar refractivity (Wildman–Crippen MR) is 53.0 cm³/mol. The van der Waals surface area contributed by atoms with E-state index in [1.807, 2.05) is 19.2 Å². The Morgan fingerprint density at radius 2 is 2.31 bits per heavy atom. The molecule has 2 aromatic heterocycles. The molecular formula is C8H8BrN3O. The Morgan fingerprint density at radius 1 is 1.54 bits per heavy atom. The van der Waals surface area contributed by atoms with E-state index in [1.54, 1.807) is 10.9 Å². The van der Waals surface area contributed by atoms with Gasteiger partial charge in [-0.1, -0.05) is 0 Å². The van der Waals surface area contributed by atoms with Gasteiger partial charge in [-0.3, -0.25) is 4.68 Å². The first kappa shape index (κ1) is 8.37. The highest BCUT2D eigenvalue weighted by Crippen LogP contribution is 2.28. The molecule has 0 aromatic carbocycles. The fourth-order valence-electron chi connectivity index (χ4n) is 1.20. The van der Waals surface area contributed by atoms with Crippen LogP contribution < -0.4 is 5.73 Å². The largest absolute Gasteiger partial charge is 0.448 e. The Labute approximate surface area is 83.5 Å². The monoisotopic (exact) mass is 241 g/mol. The molecular weight excluding hydrogens is 234 g/mol. The number of nitrogens with two attached hydrogens (primary N) is 1. The Hall–Kier alpha value is -1.23. The molecule has 2 rings (SSSR count). The molecule has 0 saturated heterocycles. The first-order valence-electron chi connectivity index (χ1n) is 3.71. The zero-order chi connectivity index (χ0) is 9.42. The molecule has 0 aliphatic rings. The Balaban J connectivity index is 2.57. The second-order valence-electron chi connectivity index (χ2n) is 2.68. The van der Waals surface area contributed by atoms with Gasteiger partial charge in [-0.25, -0.2) is 0 Å². The van der Waals surface area contributed by atoms with Crippen molar-refractivity contribution < 1.29 is 4.42 Å². The van der Waals surface area contributed by atoms with E-state index in [1.165, 1.54) is 0 Å². The zero-order valence-electron chi connectivity index (χ0n) is 6.99. The smallest absolute Gasteiger partial charge is 0.169 e. The minimum atomic E-state index is 0.615. The van der Waals surface area contributed by atoms with E-state index in [2.05, 4.69) is 21.0 Å². The number of hydrogen-bond acceptors (Lipinski definition) is 3. The van der Waals surface area contributed by atoms with Crippen LogP contribution in [0.5, 0.6) is 0 Å². The molecule has 0 aliphatic heterocycles. The molecule has 0 unspecified atom stereocenters. The van der Waals surface area contributed by atoms with Crippen LogP contribution >= 0.6 is 15.9 Å². The van der Waals surface area contributed by atoms with Gasteiger partial charge < -0.3 is 10.2 Å². The van der Waals surface area contributed by atoms with Crippen molar-refractivity contribution in [3.05, 3.63) is 23.0 Å². The van der Waals surface area contributed by atoms with Gasteiger partial charge in [-0.2, -0.15) is 5.10 Å². The maximum atomic E-state index is 5.72. The first-order chi connectivity index (χ1) is 6.18. The molecule has 0 saturated carbocycles. The van der Waals surface area contributed by atoms with E-state index in [4.69, 9.17) is 10.2 Å². The summed E-state index contributed by atoms with van der Waals surface area (Å²) < 4.78 is 7.73. The number of halogens is 1. The van der Waals surface area contributed by atoms with Gasteiger partial charge in [0, 0.05) is 7.05 Å². The molecule has 13 heavy (non-hydrogen) atoms. The molecule has 0 spiro atoms. The fraction of sp³-hybridized carbons (Fsp3) is 0.125. The third-order valence-electron chi connectivity index (χ3n) is 1.77. The second-order valence-corrected chi connectivity index (χ2v) is 3.46. The van der Waals surface area contributed by atoms with Crippen LogP contribution in [0.2, 0.25) is 0 Å². The number of rotatable bonds is 1. The van der Waals surface area contributed by atoms with Gasteiger partial charge in [-0.05, 0) is 28.1 Å². The lowest BCUT2D eigenvalue weighted by Crippen LogP contribution is -1.94. The van der Waals surface area contributed by atoms with Crippen molar-refractivity contribution in [2.45, 2.75) is 0 Å². The van der Waals surface area contributed by atoms with Crippen LogP contribution in [0.15, 0.2) is 27.4 Å². The number of aromatic nitrogens is 2. The van der Waals surface area contributed by atoms with Crippen molar-refractivity contribution >= 4 is 21.6 Å². The summed E-state index contributed by atoms with van der Waals surface area (Å²) in [5, 5.41) is 4.02. The molecule has 2 heterocycles. The molecule has 68 valence electrons. The summed E-state index contributed by atoms with van der Waals surface area (Å²) in [5.74, 6) is 0.712. The summed E-state index contributed by atoms with van der Waals surface area (Å²) in [4.78, 5) is 0. The standard InChI is InChI=1S/C8H8BrN3O/c1-12-8(5(10)4-11-12)6-2-3-7(9)13-6/h2-4H,10H2,1H3. The quantitative estimate of drug-likeness (QED) is 0.832. The van der Waals surface area contributed by atoms with Gasteiger partial charge in [0.15, 0.2) is 10.4 Å². The van der Waals surface area contributed by atoms with E-state index in [9.17, 15) is 0 Å². The summed E-state index contributed by atoms with van der Waals surface area (Å²) >= 11 is 3.23. The van der Waals surface area contributed by atoms with Crippen molar-refractivity contribution in [1.82, 2.24) is 9.78 Å². The average Bonchev–Trinajstić information content (AvgIpc) is 2.60. The summed E-state index contributed by atoms with van der Waals surface area (Å²) in [6, 6.07) is 3.67. The van der Waals surface area contributed by atoms with E-state index >= 15 is 0 Å². The normalized spacial score (nSPS) is 10.6. The Morgan fingerprint density at radius 3 is 2.77 bits per heavy atom. The molecule has 0 bridgehead atoms. The maximum Gasteiger partial charge on any atom is 0.169 e. The number of anilines is 1. The number of hydrogen-bond donors (Lipinski definition) is 1. The van der Waals surface area contributed by atoms with Crippen molar-refractivity contribution in [3.63, 3.8) is 0 Å². The molecule has 5 heteroatoms. The van der Waals surface area contributed by atoms with Crippen LogP contribution in [0.25, 0.3) is 11.5 Å². The number of nitrogens with zero attached hydrogens (tertiary/aromatic N) is 2. The highest BCUT2D eigenvalue weighted by Gasteiger charge is 2.11. The van der Waals surface area contributed by atoms with E-state index in [0.717, 1.165) is 5.69 Å². The number of aryl methyl sites for hydroxylation is 1. The minimum absolute atomic E-state index is 0.615. The Bertz CT molecular complexity index is 413. The predicted octanol–water partition coefficient (Wildman–Crippen LogP) is 2.02. The van der Waals surface area contributed by atoms with E-state index in [-0.39, 0.29) is 0 Å². The van der Waals surface area contributed by atoms with Crippen molar-refractivity contribution in [1.29, 1.82) is 0 Å². The third-order valence-corrected chi connectivity index (χ3v) is 2.20. The SMILES string of the molecule is Cn1ncc(N)c1-c1ccc(Br)o1. The zero-order valence-corrected chi connectivity index (χ0v) is 8.58. The summed E-state index contributed by atoms with van der Waals surface area (Å²) in [7, 11) is 1.82.